The van der Waals surface area contributed by atoms with Crippen LogP contribution in [0.25, 0.3) is 0 Å². The van der Waals surface area contributed by atoms with Crippen LogP contribution in [0.5, 0.6) is 0 Å². The molecule has 1 N–H and O–H groups in total. The van der Waals surface area contributed by atoms with Crippen molar-refractivity contribution in [2.75, 3.05) is 33.0 Å². The zero-order chi connectivity index (χ0) is 14.1. The van der Waals surface area contributed by atoms with Crippen molar-refractivity contribution < 1.29 is 28.8 Å². The second-order valence-electron chi connectivity index (χ2n) is 3.30. The van der Waals surface area contributed by atoms with Crippen LogP contribution < -0.4 is 0 Å². The summed E-state index contributed by atoms with van der Waals surface area (Å²) < 4.78 is 26.8. The van der Waals surface area contributed by atoms with E-state index in [4.69, 9.17) is 23.7 Å². The molecule has 0 amide bonds. The summed E-state index contributed by atoms with van der Waals surface area (Å²) in [4.78, 5) is 0. The van der Waals surface area contributed by atoms with Gasteiger partial charge in [0.05, 0.1) is 0 Å². The average Bonchev–Trinajstić information content (AvgIpc) is 2.30. The molecular weight excluding hydrogens is 240 g/mol. The molecule has 0 aromatic heterocycles. The topological polar surface area (TPSA) is 66.4 Å². The Hall–Kier alpha value is -0.240. The number of aliphatic hydroxyl groups is 1. The van der Waals surface area contributed by atoms with Gasteiger partial charge in [-0.3, -0.25) is 0 Å². The third-order valence-electron chi connectivity index (χ3n) is 2.07. The van der Waals surface area contributed by atoms with Gasteiger partial charge >= 0.3 is 11.9 Å². The van der Waals surface area contributed by atoms with Crippen LogP contribution >= 0.6 is 0 Å². The van der Waals surface area contributed by atoms with E-state index in [-0.39, 0.29) is 33.0 Å². The Morgan fingerprint density at radius 1 is 0.611 bits per heavy atom. The largest absolute Gasteiger partial charge is 0.370 e. The lowest BCUT2D eigenvalue weighted by Crippen LogP contribution is -2.62. The standard InChI is InChI=1S/C12H26O6/c1-6-14-11(13,15-7-2)12(16-8-3,17-9-4)18-10-5/h13H,6-10H2,1-5H3. The Kier molecular flexibility index (Phi) is 8.67. The van der Waals surface area contributed by atoms with Gasteiger partial charge in [0.2, 0.25) is 0 Å². The van der Waals surface area contributed by atoms with Crippen LogP contribution in [0, 0.1) is 0 Å². The molecule has 0 heterocycles. The van der Waals surface area contributed by atoms with Gasteiger partial charge in [-0.15, -0.1) is 0 Å². The minimum Gasteiger partial charge on any atom is -0.337 e. The number of ether oxygens (including phenoxy) is 5. The Bertz CT molecular complexity index is 186. The van der Waals surface area contributed by atoms with Gasteiger partial charge in [0.15, 0.2) is 0 Å². The lowest BCUT2D eigenvalue weighted by atomic mass is 10.4. The van der Waals surface area contributed by atoms with Crippen molar-refractivity contribution in [3.63, 3.8) is 0 Å². The van der Waals surface area contributed by atoms with Gasteiger partial charge < -0.3 is 28.8 Å². The Labute approximate surface area is 109 Å². The molecule has 0 aliphatic carbocycles. The molecule has 0 spiro atoms. The molecule has 0 saturated carbocycles. The van der Waals surface area contributed by atoms with E-state index < -0.39 is 11.9 Å². The van der Waals surface area contributed by atoms with Gasteiger partial charge in [0, 0.05) is 33.0 Å². The fourth-order valence-electron chi connectivity index (χ4n) is 1.58. The summed E-state index contributed by atoms with van der Waals surface area (Å²) in [6, 6.07) is 0. The van der Waals surface area contributed by atoms with E-state index in [0.29, 0.717) is 0 Å². The smallest absolute Gasteiger partial charge is 0.337 e. The molecule has 0 unspecified atom stereocenters. The summed E-state index contributed by atoms with van der Waals surface area (Å²) >= 11 is 0. The van der Waals surface area contributed by atoms with Gasteiger partial charge in [-0.1, -0.05) is 0 Å². The van der Waals surface area contributed by atoms with Crippen molar-refractivity contribution in [1.82, 2.24) is 0 Å². The summed E-state index contributed by atoms with van der Waals surface area (Å²) in [5, 5.41) is 10.5. The first-order chi connectivity index (χ1) is 8.55. The highest BCUT2D eigenvalue weighted by atomic mass is 17.0. The lowest BCUT2D eigenvalue weighted by molar-refractivity contribution is -0.551. The summed E-state index contributed by atoms with van der Waals surface area (Å²) in [6.45, 7) is 10.1. The van der Waals surface area contributed by atoms with Crippen LogP contribution in [0.3, 0.4) is 0 Å². The molecule has 0 fully saturated rings. The zero-order valence-electron chi connectivity index (χ0n) is 12.0. The van der Waals surface area contributed by atoms with E-state index in [1.165, 1.54) is 0 Å². The van der Waals surface area contributed by atoms with Crippen LogP contribution in [-0.4, -0.2) is 50.1 Å². The maximum absolute atomic E-state index is 10.5. The fraction of sp³-hybridized carbons (Fsp3) is 1.00. The van der Waals surface area contributed by atoms with Crippen molar-refractivity contribution in [3.05, 3.63) is 0 Å². The highest BCUT2D eigenvalue weighted by Crippen LogP contribution is 2.32. The fourth-order valence-corrected chi connectivity index (χ4v) is 1.58. The molecule has 110 valence electrons. The maximum Gasteiger partial charge on any atom is 0.370 e. The quantitative estimate of drug-likeness (QED) is 0.571. The third-order valence-corrected chi connectivity index (χ3v) is 2.07. The van der Waals surface area contributed by atoms with Crippen LogP contribution in [-0.2, 0) is 23.7 Å². The minimum absolute atomic E-state index is 0.228. The molecule has 18 heavy (non-hydrogen) atoms. The summed E-state index contributed by atoms with van der Waals surface area (Å²) in [7, 11) is 0. The van der Waals surface area contributed by atoms with E-state index in [0.717, 1.165) is 0 Å². The Morgan fingerprint density at radius 2 is 0.889 bits per heavy atom. The molecule has 0 rings (SSSR count). The first kappa shape index (κ1) is 17.8. The van der Waals surface area contributed by atoms with E-state index in [1.54, 1.807) is 34.6 Å². The lowest BCUT2D eigenvalue weighted by Gasteiger charge is -2.42. The van der Waals surface area contributed by atoms with Gasteiger partial charge in [-0.25, -0.2) is 0 Å². The molecule has 6 heteroatoms. The van der Waals surface area contributed by atoms with Crippen molar-refractivity contribution in [3.8, 4) is 0 Å². The minimum atomic E-state index is -2.10. The van der Waals surface area contributed by atoms with Crippen LogP contribution in [0.2, 0.25) is 0 Å². The normalized spacial score (nSPS) is 13.0. The molecular formula is C12H26O6. The van der Waals surface area contributed by atoms with Crippen LogP contribution in [0.15, 0.2) is 0 Å². The zero-order valence-corrected chi connectivity index (χ0v) is 12.0. The van der Waals surface area contributed by atoms with E-state index >= 15 is 0 Å². The van der Waals surface area contributed by atoms with Gasteiger partial charge in [0.1, 0.15) is 0 Å². The third kappa shape index (κ3) is 4.15. The molecule has 0 aromatic rings. The summed E-state index contributed by atoms with van der Waals surface area (Å²) in [5.41, 5.74) is 0. The van der Waals surface area contributed by atoms with Gasteiger partial charge in [-0.05, 0) is 34.6 Å². The number of hydrogen-bond donors (Lipinski definition) is 1. The molecule has 6 nitrogen and oxygen atoms in total. The van der Waals surface area contributed by atoms with Crippen molar-refractivity contribution in [2.24, 2.45) is 0 Å². The first-order valence-corrected chi connectivity index (χ1v) is 6.47. The Balaban J connectivity index is 5.26. The highest BCUT2D eigenvalue weighted by molar-refractivity contribution is 4.71. The molecule has 0 bridgehead atoms. The first-order valence-electron chi connectivity index (χ1n) is 6.47. The van der Waals surface area contributed by atoms with Gasteiger partial charge in [0.25, 0.3) is 0 Å². The Morgan fingerprint density at radius 3 is 1.11 bits per heavy atom. The van der Waals surface area contributed by atoms with Crippen molar-refractivity contribution in [2.45, 2.75) is 46.6 Å². The molecule has 0 atom stereocenters. The summed E-state index contributed by atoms with van der Waals surface area (Å²) in [6.07, 6.45) is 0. The predicted molar refractivity (Wildman–Crippen MR) is 65.8 cm³/mol. The monoisotopic (exact) mass is 266 g/mol. The molecule has 0 aliphatic heterocycles. The van der Waals surface area contributed by atoms with Crippen LogP contribution in [0.1, 0.15) is 34.6 Å². The second-order valence-corrected chi connectivity index (χ2v) is 3.30. The van der Waals surface area contributed by atoms with Crippen molar-refractivity contribution >= 4 is 0 Å². The second kappa shape index (κ2) is 8.79. The van der Waals surface area contributed by atoms with Crippen LogP contribution in [0.4, 0.5) is 0 Å². The molecule has 0 aromatic carbocycles. The maximum atomic E-state index is 10.5. The van der Waals surface area contributed by atoms with E-state index in [2.05, 4.69) is 0 Å². The summed E-state index contributed by atoms with van der Waals surface area (Å²) in [5.74, 6) is -3.88. The predicted octanol–water partition coefficient (Wildman–Crippen LogP) is 1.47. The SMILES string of the molecule is CCOC(O)(OCC)C(OCC)(OCC)OCC. The van der Waals surface area contributed by atoms with E-state index in [1.807, 2.05) is 0 Å². The number of hydrogen-bond acceptors (Lipinski definition) is 6. The number of rotatable bonds is 11. The molecule has 0 saturated heterocycles. The highest BCUT2D eigenvalue weighted by Gasteiger charge is 2.58. The van der Waals surface area contributed by atoms with Crippen molar-refractivity contribution in [1.29, 1.82) is 0 Å². The molecule has 0 aliphatic rings. The van der Waals surface area contributed by atoms with E-state index in [9.17, 15) is 5.11 Å². The average molecular weight is 266 g/mol. The van der Waals surface area contributed by atoms with Gasteiger partial charge in [-0.2, -0.15) is 0 Å². The molecule has 0 radical (unpaired) electrons.